The lowest BCUT2D eigenvalue weighted by Gasteiger charge is -2.27. The number of amides is 2. The Bertz CT molecular complexity index is 871. The average molecular weight is 396 g/mol. The SMILES string of the molecule is COCC1(C(=O)O)CCN(C(=O)C(NC(=O)c2ccccc2)c2ccccc2)C1. The predicted molar refractivity (Wildman–Crippen MR) is 106 cm³/mol. The number of rotatable bonds is 7. The first-order valence-electron chi connectivity index (χ1n) is 9.39. The van der Waals surface area contributed by atoms with Crippen LogP contribution >= 0.6 is 0 Å². The first kappa shape index (κ1) is 20.5. The number of carbonyl (C=O) groups excluding carboxylic acids is 2. The Kier molecular flexibility index (Phi) is 6.29. The standard InChI is InChI=1S/C22H24N2O5/c1-29-15-22(21(27)28)12-13-24(14-22)20(26)18(16-8-4-2-5-9-16)23-19(25)17-10-6-3-7-11-17/h2-11,18H,12-15H2,1H3,(H,23,25)(H,27,28). The van der Waals surface area contributed by atoms with Gasteiger partial charge in [0.1, 0.15) is 11.5 Å². The van der Waals surface area contributed by atoms with Gasteiger partial charge < -0.3 is 20.1 Å². The number of hydrogen-bond donors (Lipinski definition) is 2. The molecule has 0 saturated carbocycles. The van der Waals surface area contributed by atoms with Gasteiger partial charge in [-0.2, -0.15) is 0 Å². The highest BCUT2D eigenvalue weighted by Crippen LogP contribution is 2.33. The van der Waals surface area contributed by atoms with E-state index in [1.807, 2.05) is 12.1 Å². The Balaban J connectivity index is 1.84. The van der Waals surface area contributed by atoms with E-state index in [9.17, 15) is 19.5 Å². The van der Waals surface area contributed by atoms with E-state index in [0.29, 0.717) is 24.1 Å². The van der Waals surface area contributed by atoms with Crippen LogP contribution in [0.2, 0.25) is 0 Å². The quantitative estimate of drug-likeness (QED) is 0.747. The van der Waals surface area contributed by atoms with Gasteiger partial charge in [0.15, 0.2) is 0 Å². The molecular weight excluding hydrogens is 372 g/mol. The molecule has 2 aromatic carbocycles. The molecule has 152 valence electrons. The zero-order chi connectivity index (χ0) is 20.9. The summed E-state index contributed by atoms with van der Waals surface area (Å²) in [5, 5.41) is 12.5. The lowest BCUT2D eigenvalue weighted by Crippen LogP contribution is -2.45. The lowest BCUT2D eigenvalue weighted by atomic mass is 9.88. The second kappa shape index (κ2) is 8.87. The Morgan fingerprint density at radius 3 is 2.31 bits per heavy atom. The molecule has 1 heterocycles. The van der Waals surface area contributed by atoms with E-state index in [0.717, 1.165) is 0 Å². The van der Waals surface area contributed by atoms with E-state index in [1.54, 1.807) is 48.5 Å². The van der Waals surface area contributed by atoms with Crippen molar-refractivity contribution in [1.82, 2.24) is 10.2 Å². The molecule has 1 saturated heterocycles. The van der Waals surface area contributed by atoms with Gasteiger partial charge in [-0.15, -0.1) is 0 Å². The fourth-order valence-corrected chi connectivity index (χ4v) is 3.61. The highest BCUT2D eigenvalue weighted by Gasteiger charge is 2.47. The third kappa shape index (κ3) is 4.46. The van der Waals surface area contributed by atoms with Crippen molar-refractivity contribution in [2.75, 3.05) is 26.8 Å². The molecule has 0 bridgehead atoms. The number of ether oxygens (including phenoxy) is 1. The normalized spacial score (nSPS) is 19.6. The molecule has 1 aliphatic rings. The fourth-order valence-electron chi connectivity index (χ4n) is 3.61. The molecule has 7 heteroatoms. The van der Waals surface area contributed by atoms with Gasteiger partial charge >= 0.3 is 5.97 Å². The van der Waals surface area contributed by atoms with Gasteiger partial charge in [-0.3, -0.25) is 14.4 Å². The van der Waals surface area contributed by atoms with Gasteiger partial charge in [-0.1, -0.05) is 48.5 Å². The van der Waals surface area contributed by atoms with Crippen molar-refractivity contribution in [3.8, 4) is 0 Å². The van der Waals surface area contributed by atoms with Crippen LogP contribution in [-0.4, -0.2) is 54.6 Å². The summed E-state index contributed by atoms with van der Waals surface area (Å²) in [6.07, 6.45) is 0.302. The Morgan fingerprint density at radius 1 is 1.10 bits per heavy atom. The maximum atomic E-state index is 13.3. The van der Waals surface area contributed by atoms with Crippen LogP contribution in [0.25, 0.3) is 0 Å². The summed E-state index contributed by atoms with van der Waals surface area (Å²) in [6.45, 7) is 0.358. The minimum absolute atomic E-state index is 0.0263. The minimum atomic E-state index is -1.13. The number of aliphatic carboxylic acids is 1. The number of nitrogens with zero attached hydrogens (tertiary/aromatic N) is 1. The molecule has 29 heavy (non-hydrogen) atoms. The summed E-state index contributed by atoms with van der Waals surface area (Å²) in [5.41, 5.74) is -0.0435. The zero-order valence-corrected chi connectivity index (χ0v) is 16.2. The number of carbonyl (C=O) groups is 3. The minimum Gasteiger partial charge on any atom is -0.481 e. The van der Waals surface area contributed by atoms with Crippen LogP contribution in [0.1, 0.15) is 28.4 Å². The summed E-state index contributed by atoms with van der Waals surface area (Å²) in [4.78, 5) is 39.3. The summed E-state index contributed by atoms with van der Waals surface area (Å²) >= 11 is 0. The number of methoxy groups -OCH3 is 1. The second-order valence-electron chi connectivity index (χ2n) is 7.21. The van der Waals surface area contributed by atoms with Crippen LogP contribution in [-0.2, 0) is 14.3 Å². The predicted octanol–water partition coefficient (Wildman–Crippen LogP) is 2.11. The summed E-state index contributed by atoms with van der Waals surface area (Å²) in [5.74, 6) is -1.69. The van der Waals surface area contributed by atoms with Gasteiger partial charge in [0.05, 0.1) is 6.61 Å². The van der Waals surface area contributed by atoms with Gasteiger partial charge in [0.25, 0.3) is 5.91 Å². The highest BCUT2D eigenvalue weighted by molar-refractivity contribution is 5.98. The lowest BCUT2D eigenvalue weighted by molar-refractivity contribution is -0.151. The Morgan fingerprint density at radius 2 is 1.72 bits per heavy atom. The van der Waals surface area contributed by atoms with Crippen LogP contribution in [0.4, 0.5) is 0 Å². The van der Waals surface area contributed by atoms with Crippen LogP contribution < -0.4 is 5.32 Å². The van der Waals surface area contributed by atoms with Crippen LogP contribution in [0.15, 0.2) is 60.7 Å². The molecule has 0 radical (unpaired) electrons. The molecular formula is C22H24N2O5. The largest absolute Gasteiger partial charge is 0.481 e. The van der Waals surface area contributed by atoms with Crippen molar-refractivity contribution in [3.05, 3.63) is 71.8 Å². The van der Waals surface area contributed by atoms with Crippen molar-refractivity contribution >= 4 is 17.8 Å². The topological polar surface area (TPSA) is 95.9 Å². The van der Waals surface area contributed by atoms with E-state index in [4.69, 9.17) is 4.74 Å². The van der Waals surface area contributed by atoms with Gasteiger partial charge in [0.2, 0.25) is 5.91 Å². The van der Waals surface area contributed by atoms with Crippen LogP contribution in [0.3, 0.4) is 0 Å². The molecule has 2 amide bonds. The first-order valence-corrected chi connectivity index (χ1v) is 9.39. The zero-order valence-electron chi connectivity index (χ0n) is 16.2. The molecule has 2 aromatic rings. The van der Waals surface area contributed by atoms with Gasteiger partial charge in [0, 0.05) is 25.8 Å². The van der Waals surface area contributed by atoms with E-state index in [1.165, 1.54) is 12.0 Å². The molecule has 2 unspecified atom stereocenters. The molecule has 1 fully saturated rings. The summed E-state index contributed by atoms with van der Waals surface area (Å²) in [6, 6.07) is 16.7. The van der Waals surface area contributed by atoms with Crippen molar-refractivity contribution in [2.24, 2.45) is 5.41 Å². The third-order valence-electron chi connectivity index (χ3n) is 5.23. The monoisotopic (exact) mass is 396 g/mol. The number of nitrogens with one attached hydrogen (secondary N) is 1. The maximum absolute atomic E-state index is 13.3. The Hall–Kier alpha value is -3.19. The number of likely N-dealkylation sites (tertiary alicyclic amines) is 1. The maximum Gasteiger partial charge on any atom is 0.313 e. The smallest absolute Gasteiger partial charge is 0.313 e. The summed E-state index contributed by atoms with van der Waals surface area (Å²) < 4.78 is 5.10. The van der Waals surface area contributed by atoms with Crippen LogP contribution in [0, 0.1) is 5.41 Å². The van der Waals surface area contributed by atoms with Crippen molar-refractivity contribution in [3.63, 3.8) is 0 Å². The van der Waals surface area contributed by atoms with Gasteiger partial charge in [-0.05, 0) is 24.1 Å². The molecule has 0 aliphatic carbocycles. The van der Waals surface area contributed by atoms with Gasteiger partial charge in [-0.25, -0.2) is 0 Å². The van der Waals surface area contributed by atoms with Crippen LogP contribution in [0.5, 0.6) is 0 Å². The first-order chi connectivity index (χ1) is 14.0. The van der Waals surface area contributed by atoms with Crippen molar-refractivity contribution in [1.29, 1.82) is 0 Å². The fraction of sp³-hybridized carbons (Fsp3) is 0.318. The third-order valence-corrected chi connectivity index (χ3v) is 5.23. The number of carboxylic acid groups (broad SMARTS) is 1. The van der Waals surface area contributed by atoms with E-state index in [-0.39, 0.29) is 25.0 Å². The average Bonchev–Trinajstić information content (AvgIpc) is 3.18. The Labute approximate surface area is 169 Å². The molecule has 1 aliphatic heterocycles. The number of hydrogen-bond acceptors (Lipinski definition) is 4. The van der Waals surface area contributed by atoms with Crippen molar-refractivity contribution in [2.45, 2.75) is 12.5 Å². The van der Waals surface area contributed by atoms with E-state index < -0.39 is 17.4 Å². The van der Waals surface area contributed by atoms with E-state index >= 15 is 0 Å². The number of carboxylic acids is 1. The van der Waals surface area contributed by atoms with E-state index in [2.05, 4.69) is 5.32 Å². The molecule has 2 N–H and O–H groups in total. The highest BCUT2D eigenvalue weighted by atomic mass is 16.5. The molecule has 2 atom stereocenters. The van der Waals surface area contributed by atoms with Crippen molar-refractivity contribution < 1.29 is 24.2 Å². The number of benzene rings is 2. The molecule has 3 rings (SSSR count). The molecule has 7 nitrogen and oxygen atoms in total. The summed E-state index contributed by atoms with van der Waals surface area (Å²) in [7, 11) is 1.45. The molecule has 0 aromatic heterocycles. The molecule has 0 spiro atoms. The second-order valence-corrected chi connectivity index (χ2v) is 7.21.